The monoisotopic (exact) mass is 241 g/mol. The summed E-state index contributed by atoms with van der Waals surface area (Å²) in [6, 6.07) is 2.39. The van der Waals surface area contributed by atoms with Gasteiger partial charge in [-0.05, 0) is 36.1 Å². The zero-order chi connectivity index (χ0) is 10.8. The van der Waals surface area contributed by atoms with Gasteiger partial charge in [0, 0.05) is 17.8 Å². The molecule has 0 fully saturated rings. The van der Waals surface area contributed by atoms with Gasteiger partial charge in [-0.25, -0.2) is 0 Å². The molecule has 1 aliphatic heterocycles. The van der Waals surface area contributed by atoms with E-state index in [0.717, 1.165) is 13.0 Å². The van der Waals surface area contributed by atoms with Gasteiger partial charge in [0.15, 0.2) is 0 Å². The minimum Gasteiger partial charge on any atom is -0.336 e. The van der Waals surface area contributed by atoms with Crippen LogP contribution in [0.4, 0.5) is 0 Å². The van der Waals surface area contributed by atoms with Crippen molar-refractivity contribution in [3.05, 3.63) is 21.9 Å². The molecule has 0 N–H and O–H groups in total. The smallest absolute Gasteiger partial charge is 0.223 e. The fourth-order valence-electron chi connectivity index (χ4n) is 2.09. The van der Waals surface area contributed by atoms with Gasteiger partial charge in [0.05, 0.1) is 6.04 Å². The van der Waals surface area contributed by atoms with Crippen LogP contribution >= 0.6 is 24.0 Å². The van der Waals surface area contributed by atoms with Gasteiger partial charge in [-0.2, -0.15) is 12.6 Å². The van der Waals surface area contributed by atoms with Crippen molar-refractivity contribution in [2.45, 2.75) is 25.8 Å². The third-order valence-corrected chi connectivity index (χ3v) is 4.14. The number of hydrogen-bond acceptors (Lipinski definition) is 3. The first-order valence-corrected chi connectivity index (χ1v) is 6.72. The molecule has 0 radical (unpaired) electrons. The van der Waals surface area contributed by atoms with E-state index in [9.17, 15) is 4.79 Å². The van der Waals surface area contributed by atoms with E-state index in [2.05, 4.69) is 31.0 Å². The van der Waals surface area contributed by atoms with Gasteiger partial charge in [-0.15, -0.1) is 11.3 Å². The molecular formula is C11H15NOS2. The van der Waals surface area contributed by atoms with Gasteiger partial charge < -0.3 is 4.90 Å². The highest BCUT2D eigenvalue weighted by Crippen LogP contribution is 2.32. The Kier molecular flexibility index (Phi) is 3.36. The first kappa shape index (κ1) is 11.0. The predicted molar refractivity (Wildman–Crippen MR) is 66.6 cm³/mol. The average Bonchev–Trinajstić information content (AvgIpc) is 2.67. The lowest BCUT2D eigenvalue weighted by molar-refractivity contribution is -0.133. The highest BCUT2D eigenvalue weighted by Gasteiger charge is 2.27. The summed E-state index contributed by atoms with van der Waals surface area (Å²) < 4.78 is 0. The molecule has 0 spiro atoms. The van der Waals surface area contributed by atoms with Crippen LogP contribution in [0, 0.1) is 0 Å². The lowest BCUT2D eigenvalue weighted by atomic mass is 10.0. The third kappa shape index (κ3) is 2.06. The van der Waals surface area contributed by atoms with Gasteiger partial charge in [0.2, 0.25) is 5.91 Å². The Morgan fingerprint density at radius 1 is 1.73 bits per heavy atom. The number of thiophene rings is 1. The van der Waals surface area contributed by atoms with Crippen LogP contribution in [-0.2, 0) is 11.2 Å². The molecule has 82 valence electrons. The van der Waals surface area contributed by atoms with Crippen LogP contribution in [0.2, 0.25) is 0 Å². The van der Waals surface area contributed by atoms with Gasteiger partial charge >= 0.3 is 0 Å². The van der Waals surface area contributed by atoms with E-state index in [1.165, 1.54) is 10.4 Å². The van der Waals surface area contributed by atoms with Crippen LogP contribution < -0.4 is 0 Å². The molecule has 4 heteroatoms. The van der Waals surface area contributed by atoms with Crippen LogP contribution in [0.1, 0.15) is 29.8 Å². The minimum atomic E-state index is 0.231. The van der Waals surface area contributed by atoms with Crippen LogP contribution in [0.3, 0.4) is 0 Å². The SMILES string of the molecule is CC1c2ccsc2CCN1C(=O)CCS. The molecule has 0 aromatic carbocycles. The number of hydrogen-bond donors (Lipinski definition) is 1. The minimum absolute atomic E-state index is 0.231. The van der Waals surface area contributed by atoms with E-state index < -0.39 is 0 Å². The summed E-state index contributed by atoms with van der Waals surface area (Å²) in [5.74, 6) is 0.868. The molecule has 0 aliphatic carbocycles. The molecule has 2 rings (SSSR count). The van der Waals surface area contributed by atoms with Crippen molar-refractivity contribution in [1.82, 2.24) is 4.90 Å². The summed E-state index contributed by atoms with van der Waals surface area (Å²) in [5.41, 5.74) is 1.33. The Morgan fingerprint density at radius 3 is 3.27 bits per heavy atom. The molecule has 0 saturated carbocycles. The van der Waals surface area contributed by atoms with Crippen molar-refractivity contribution in [3.8, 4) is 0 Å². The standard InChI is InChI=1S/C11H15NOS2/c1-8-9-4-7-15-10(9)2-5-12(8)11(13)3-6-14/h4,7-8,14H,2-3,5-6H2,1H3. The van der Waals surface area contributed by atoms with Crippen molar-refractivity contribution >= 4 is 29.9 Å². The van der Waals surface area contributed by atoms with Crippen LogP contribution in [0.25, 0.3) is 0 Å². The summed E-state index contributed by atoms with van der Waals surface area (Å²) in [4.78, 5) is 15.2. The van der Waals surface area contributed by atoms with Gasteiger partial charge in [0.1, 0.15) is 0 Å². The normalized spacial score (nSPS) is 20.1. The van der Waals surface area contributed by atoms with Gasteiger partial charge in [-0.3, -0.25) is 4.79 Å². The number of thiol groups is 1. The quantitative estimate of drug-likeness (QED) is 0.789. The van der Waals surface area contributed by atoms with E-state index in [-0.39, 0.29) is 11.9 Å². The molecule has 1 aromatic rings. The Morgan fingerprint density at radius 2 is 2.53 bits per heavy atom. The average molecular weight is 241 g/mol. The molecule has 0 saturated heterocycles. The zero-order valence-electron chi connectivity index (χ0n) is 8.77. The maximum Gasteiger partial charge on any atom is 0.223 e. The second-order valence-electron chi connectivity index (χ2n) is 3.79. The molecule has 1 aliphatic rings. The Bertz CT molecular complexity index is 361. The fraction of sp³-hybridized carbons (Fsp3) is 0.545. The topological polar surface area (TPSA) is 20.3 Å². The van der Waals surface area contributed by atoms with Crippen LogP contribution in [-0.4, -0.2) is 23.1 Å². The number of rotatable bonds is 2. The predicted octanol–water partition coefficient (Wildman–Crippen LogP) is 2.51. The van der Waals surface area contributed by atoms with E-state index >= 15 is 0 Å². The van der Waals surface area contributed by atoms with Crippen molar-refractivity contribution in [3.63, 3.8) is 0 Å². The van der Waals surface area contributed by atoms with Crippen LogP contribution in [0.15, 0.2) is 11.4 Å². The number of fused-ring (bicyclic) bond motifs is 1. The molecule has 2 heterocycles. The second-order valence-corrected chi connectivity index (χ2v) is 5.23. The number of carbonyl (C=O) groups is 1. The molecular weight excluding hydrogens is 226 g/mol. The molecule has 0 bridgehead atoms. The Balaban J connectivity index is 2.16. The second kappa shape index (κ2) is 4.58. The van der Waals surface area contributed by atoms with E-state index in [1.54, 1.807) is 11.3 Å². The molecule has 1 atom stereocenters. The highest BCUT2D eigenvalue weighted by atomic mass is 32.1. The number of amides is 1. The largest absolute Gasteiger partial charge is 0.336 e. The third-order valence-electron chi connectivity index (χ3n) is 2.92. The summed E-state index contributed by atoms with van der Waals surface area (Å²) in [7, 11) is 0. The zero-order valence-corrected chi connectivity index (χ0v) is 10.5. The fourth-order valence-corrected chi connectivity index (χ4v) is 3.24. The molecule has 2 nitrogen and oxygen atoms in total. The summed E-state index contributed by atoms with van der Waals surface area (Å²) in [5, 5.41) is 2.12. The summed E-state index contributed by atoms with van der Waals surface area (Å²) >= 11 is 5.91. The number of nitrogens with zero attached hydrogens (tertiary/aromatic N) is 1. The first-order chi connectivity index (χ1) is 7.24. The van der Waals surface area contributed by atoms with Crippen molar-refractivity contribution in [1.29, 1.82) is 0 Å². The Hall–Kier alpha value is -0.480. The molecule has 1 amide bonds. The van der Waals surface area contributed by atoms with Crippen molar-refractivity contribution in [2.75, 3.05) is 12.3 Å². The number of carbonyl (C=O) groups excluding carboxylic acids is 1. The lowest BCUT2D eigenvalue weighted by Gasteiger charge is -2.33. The highest BCUT2D eigenvalue weighted by molar-refractivity contribution is 7.80. The molecule has 1 aromatic heterocycles. The van der Waals surface area contributed by atoms with Crippen molar-refractivity contribution < 1.29 is 4.79 Å². The van der Waals surface area contributed by atoms with E-state index in [1.807, 2.05) is 4.90 Å². The molecule has 1 unspecified atom stereocenters. The van der Waals surface area contributed by atoms with Crippen LogP contribution in [0.5, 0.6) is 0 Å². The Labute approximate surface area is 99.7 Å². The van der Waals surface area contributed by atoms with E-state index in [4.69, 9.17) is 0 Å². The van der Waals surface area contributed by atoms with Gasteiger partial charge in [0.25, 0.3) is 0 Å². The maximum atomic E-state index is 11.8. The van der Waals surface area contributed by atoms with E-state index in [0.29, 0.717) is 12.2 Å². The maximum absolute atomic E-state index is 11.8. The lowest BCUT2D eigenvalue weighted by Crippen LogP contribution is -2.38. The summed E-state index contributed by atoms with van der Waals surface area (Å²) in [6.07, 6.45) is 1.56. The first-order valence-electron chi connectivity index (χ1n) is 5.20. The van der Waals surface area contributed by atoms with Crippen molar-refractivity contribution in [2.24, 2.45) is 0 Å². The summed E-state index contributed by atoms with van der Waals surface area (Å²) in [6.45, 7) is 2.97. The van der Waals surface area contributed by atoms with Gasteiger partial charge in [-0.1, -0.05) is 0 Å². The molecule has 15 heavy (non-hydrogen) atoms.